The van der Waals surface area contributed by atoms with Gasteiger partial charge in [-0.25, -0.2) is 0 Å². The van der Waals surface area contributed by atoms with Gasteiger partial charge in [-0.1, -0.05) is 0 Å². The molecule has 0 unspecified atom stereocenters. The van der Waals surface area contributed by atoms with Gasteiger partial charge in [0, 0.05) is 0 Å². The summed E-state index contributed by atoms with van der Waals surface area (Å²) in [5, 5.41) is 39.6. The van der Waals surface area contributed by atoms with Crippen molar-refractivity contribution in [2.45, 2.75) is 0 Å². The molecule has 0 aliphatic heterocycles. The van der Waals surface area contributed by atoms with Crippen molar-refractivity contribution in [3.63, 3.8) is 0 Å². The maximum Gasteiger partial charge on any atom is 1.00 e. The van der Waals surface area contributed by atoms with Crippen LogP contribution in [0.5, 0.6) is 0 Å². The molecule has 0 bridgehead atoms. The van der Waals surface area contributed by atoms with E-state index in [4.69, 9.17) is 0 Å². The fourth-order valence-corrected chi connectivity index (χ4v) is 2.07. The second-order valence-corrected chi connectivity index (χ2v) is 7.18. The van der Waals surface area contributed by atoms with E-state index in [0.717, 1.165) is 0 Å². The summed E-state index contributed by atoms with van der Waals surface area (Å²) in [5.41, 5.74) is 0. The maximum absolute atomic E-state index is 9.91. The van der Waals surface area contributed by atoms with Gasteiger partial charge in [0.2, 0.25) is 0 Å². The number of hydrogen-bond donors (Lipinski definition) is 0. The normalized spacial score (nSPS) is 10.9. The SMILES string of the molecule is O=[N+]([O-])[Pt-]([N+](=O)[O-])([N+](=O)[O-])[N+](=O)[O-].[K+]. The van der Waals surface area contributed by atoms with E-state index in [1.54, 1.807) is 0 Å². The number of rotatable bonds is 4. The van der Waals surface area contributed by atoms with E-state index in [0.29, 0.717) is 0 Å². The Morgan fingerprint density at radius 3 is 0.786 bits per heavy atom. The molecule has 12 nitrogen and oxygen atoms in total. The summed E-state index contributed by atoms with van der Waals surface area (Å²) in [5.74, 6) is 0. The van der Waals surface area contributed by atoms with Crippen molar-refractivity contribution in [2.75, 3.05) is 0 Å². The molecular formula is KN4O8Pt. The second-order valence-electron chi connectivity index (χ2n) is 1.14. The molecular weight excluding hydrogens is 418 g/mol. The third kappa shape index (κ3) is 2.49. The molecule has 14 heavy (non-hydrogen) atoms. The Morgan fingerprint density at radius 2 is 0.786 bits per heavy atom. The molecule has 79 valence electrons. The zero-order valence-corrected chi connectivity index (χ0v) is 11.8. The van der Waals surface area contributed by atoms with Crippen molar-refractivity contribution in [3.05, 3.63) is 40.5 Å². The first-order chi connectivity index (χ1) is 5.77. The minimum Gasteiger partial charge on any atom is 1.00 e. The minimum atomic E-state index is -6.70. The second kappa shape index (κ2) is 5.72. The van der Waals surface area contributed by atoms with Gasteiger partial charge in [-0.15, -0.1) is 0 Å². The molecule has 0 spiro atoms. The molecule has 0 aromatic carbocycles. The standard InChI is InChI=1S/K.4NO2.Pt/c;4*2-1-3;/q+1;;;;;-1. The molecule has 0 aliphatic carbocycles. The summed E-state index contributed by atoms with van der Waals surface area (Å²) in [4.78, 5) is 39.6. The Hall–Kier alpha value is -0.0753. The van der Waals surface area contributed by atoms with E-state index >= 15 is 0 Å². The summed E-state index contributed by atoms with van der Waals surface area (Å²) in [6.07, 6.45) is 0. The van der Waals surface area contributed by atoms with Crippen LogP contribution in [-0.4, -0.2) is 13.9 Å². The average molecular weight is 418 g/mol. The summed E-state index contributed by atoms with van der Waals surface area (Å²) in [7, 11) is 0. The molecule has 0 rings (SSSR count). The van der Waals surface area contributed by atoms with Gasteiger partial charge in [0.25, 0.3) is 0 Å². The first-order valence-corrected chi connectivity index (χ1v) is 6.09. The van der Waals surface area contributed by atoms with Crippen LogP contribution in [0.25, 0.3) is 0 Å². The maximum atomic E-state index is 9.91. The van der Waals surface area contributed by atoms with Crippen LogP contribution in [0.2, 0.25) is 0 Å². The van der Waals surface area contributed by atoms with Gasteiger partial charge in [0.15, 0.2) is 0 Å². The van der Waals surface area contributed by atoms with Gasteiger partial charge in [0.05, 0.1) is 0 Å². The molecule has 0 atom stereocenters. The van der Waals surface area contributed by atoms with Gasteiger partial charge < -0.3 is 0 Å². The number of hydrogen-bond acceptors (Lipinski definition) is 8. The summed E-state index contributed by atoms with van der Waals surface area (Å²) < 4.78 is -8.03. The van der Waals surface area contributed by atoms with E-state index in [1.807, 2.05) is 0 Å². The van der Waals surface area contributed by atoms with Crippen LogP contribution in [0.4, 0.5) is 0 Å². The van der Waals surface area contributed by atoms with Gasteiger partial charge in [-0.2, -0.15) is 0 Å². The van der Waals surface area contributed by atoms with Crippen LogP contribution in [0, 0.1) is 40.5 Å². The van der Waals surface area contributed by atoms with Crippen molar-refractivity contribution in [1.29, 1.82) is 0 Å². The van der Waals surface area contributed by atoms with Crippen molar-refractivity contribution in [2.24, 2.45) is 0 Å². The van der Waals surface area contributed by atoms with Crippen molar-refractivity contribution >= 4 is 0 Å². The monoisotopic (exact) mass is 418 g/mol. The van der Waals surface area contributed by atoms with Crippen molar-refractivity contribution < 1.29 is 82.4 Å². The molecule has 0 saturated heterocycles. The number of nitro groups is 4. The van der Waals surface area contributed by atoms with E-state index in [2.05, 4.69) is 0 Å². The smallest absolute Gasteiger partial charge is 1.00 e. The molecule has 0 N–H and O–H groups in total. The van der Waals surface area contributed by atoms with Gasteiger partial charge >= 0.3 is 123 Å². The molecule has 0 radical (unpaired) electrons. The van der Waals surface area contributed by atoms with Gasteiger partial charge in [-0.05, 0) is 0 Å². The molecule has 0 amide bonds. The quantitative estimate of drug-likeness (QED) is 0.252. The Labute approximate surface area is 121 Å². The Morgan fingerprint density at radius 1 is 0.643 bits per heavy atom. The molecule has 0 aromatic heterocycles. The molecule has 0 fully saturated rings. The third-order valence-corrected chi connectivity index (χ3v) is 5.07. The summed E-state index contributed by atoms with van der Waals surface area (Å²) >= 11 is -6.70. The van der Waals surface area contributed by atoms with Gasteiger partial charge in [-0.3, -0.25) is 0 Å². The van der Waals surface area contributed by atoms with Crippen LogP contribution in [0.3, 0.4) is 0 Å². The van der Waals surface area contributed by atoms with E-state index in [-0.39, 0.29) is 51.4 Å². The molecule has 0 heterocycles. The largest absolute Gasteiger partial charge is 1.00 e. The van der Waals surface area contributed by atoms with Crippen molar-refractivity contribution in [1.82, 2.24) is 0 Å². The fraction of sp³-hybridized carbons (Fsp3) is 0. The zero-order chi connectivity index (χ0) is 10.8. The van der Waals surface area contributed by atoms with Crippen LogP contribution < -0.4 is 51.4 Å². The van der Waals surface area contributed by atoms with Gasteiger partial charge in [0.1, 0.15) is 0 Å². The summed E-state index contributed by atoms with van der Waals surface area (Å²) in [6.45, 7) is 0. The third-order valence-electron chi connectivity index (χ3n) is 0.620. The zero-order valence-electron chi connectivity index (χ0n) is 6.37. The van der Waals surface area contributed by atoms with Crippen LogP contribution in [0.15, 0.2) is 0 Å². The predicted octanol–water partition coefficient (Wildman–Crippen LogP) is -4.09. The van der Waals surface area contributed by atoms with E-state index in [1.165, 1.54) is 0 Å². The molecule has 0 saturated carbocycles. The predicted molar refractivity (Wildman–Crippen MR) is 28.0 cm³/mol. The molecule has 0 aromatic rings. The van der Waals surface area contributed by atoms with Crippen LogP contribution in [-0.2, 0) is 17.1 Å². The van der Waals surface area contributed by atoms with Crippen LogP contribution >= 0.6 is 0 Å². The first-order valence-electron chi connectivity index (χ1n) is 2.03. The number of nitrogens with zero attached hydrogens (tertiary/aromatic N) is 4. The van der Waals surface area contributed by atoms with E-state index in [9.17, 15) is 40.5 Å². The average Bonchev–Trinajstić information content (AvgIpc) is 1.82. The Kier molecular flexibility index (Phi) is 6.68. The minimum absolute atomic E-state index is 0. The van der Waals surface area contributed by atoms with E-state index < -0.39 is 31.0 Å². The molecule has 0 aliphatic rings. The van der Waals surface area contributed by atoms with Crippen LogP contribution in [0.1, 0.15) is 0 Å². The Bertz CT molecular complexity index is 236. The van der Waals surface area contributed by atoms with Crippen molar-refractivity contribution in [3.8, 4) is 0 Å². The Balaban J connectivity index is 0. The molecule has 14 heteroatoms. The summed E-state index contributed by atoms with van der Waals surface area (Å²) in [6, 6.07) is 0. The topological polar surface area (TPSA) is 173 Å². The fourth-order valence-electron chi connectivity index (χ4n) is 0.253. The first kappa shape index (κ1) is 16.4.